The van der Waals surface area contributed by atoms with Crippen LogP contribution in [0, 0.1) is 0 Å². The Hall–Kier alpha value is -1.44. The van der Waals surface area contributed by atoms with Crippen molar-refractivity contribution >= 4 is 27.8 Å². The van der Waals surface area contributed by atoms with E-state index in [4.69, 9.17) is 4.74 Å². The predicted molar refractivity (Wildman–Crippen MR) is 85.1 cm³/mol. The van der Waals surface area contributed by atoms with Gasteiger partial charge in [-0.15, -0.1) is 0 Å². The lowest BCUT2D eigenvalue weighted by Gasteiger charge is -2.30. The Morgan fingerprint density at radius 1 is 1.41 bits per heavy atom. The van der Waals surface area contributed by atoms with Crippen molar-refractivity contribution in [1.29, 1.82) is 0 Å². The molecule has 0 spiro atoms. The summed E-state index contributed by atoms with van der Waals surface area (Å²) in [5, 5.41) is 2.84. The maximum Gasteiger partial charge on any atom is 0.337 e. The number of esters is 1. The van der Waals surface area contributed by atoms with E-state index in [1.165, 1.54) is 13.2 Å². The quantitative estimate of drug-likeness (QED) is 0.809. The van der Waals surface area contributed by atoms with Crippen molar-refractivity contribution in [3.8, 4) is 0 Å². The second-order valence-corrected chi connectivity index (χ2v) is 6.10. The SMILES string of the molecule is COC(=O)c1cc(Br)cc(C(=O)NCC2CN(C)CCO2)c1. The smallest absolute Gasteiger partial charge is 0.337 e. The maximum absolute atomic E-state index is 12.2. The molecule has 0 aliphatic carbocycles. The zero-order valence-corrected chi connectivity index (χ0v) is 14.2. The summed E-state index contributed by atoms with van der Waals surface area (Å²) in [6.45, 7) is 2.79. The number of halogens is 1. The molecule has 120 valence electrons. The first-order valence-electron chi connectivity index (χ1n) is 6.97. The normalized spacial score (nSPS) is 18.8. The number of morpholine rings is 1. The Balaban J connectivity index is 2.00. The van der Waals surface area contributed by atoms with Gasteiger partial charge < -0.3 is 19.7 Å². The van der Waals surface area contributed by atoms with Gasteiger partial charge in [-0.05, 0) is 25.2 Å². The summed E-state index contributed by atoms with van der Waals surface area (Å²) >= 11 is 3.30. The Morgan fingerprint density at radius 3 is 2.82 bits per heavy atom. The summed E-state index contributed by atoms with van der Waals surface area (Å²) in [5.41, 5.74) is 0.731. The minimum absolute atomic E-state index is 0.0186. The first-order valence-corrected chi connectivity index (χ1v) is 7.76. The highest BCUT2D eigenvalue weighted by Gasteiger charge is 2.19. The van der Waals surface area contributed by atoms with Crippen LogP contribution in [0.4, 0.5) is 0 Å². The summed E-state index contributed by atoms with van der Waals surface area (Å²) < 4.78 is 10.9. The highest BCUT2D eigenvalue weighted by molar-refractivity contribution is 9.10. The third-order valence-electron chi connectivity index (χ3n) is 3.41. The number of hydrogen-bond acceptors (Lipinski definition) is 5. The van der Waals surface area contributed by atoms with Crippen molar-refractivity contribution in [2.24, 2.45) is 0 Å². The fourth-order valence-corrected chi connectivity index (χ4v) is 2.75. The lowest BCUT2D eigenvalue weighted by atomic mass is 10.1. The molecule has 1 aliphatic heterocycles. The van der Waals surface area contributed by atoms with E-state index in [1.807, 2.05) is 7.05 Å². The average molecular weight is 371 g/mol. The van der Waals surface area contributed by atoms with E-state index in [-0.39, 0.29) is 12.0 Å². The van der Waals surface area contributed by atoms with Gasteiger partial charge in [-0.1, -0.05) is 15.9 Å². The van der Waals surface area contributed by atoms with Crippen LogP contribution in [0.2, 0.25) is 0 Å². The van der Waals surface area contributed by atoms with Crippen LogP contribution in [0.1, 0.15) is 20.7 Å². The van der Waals surface area contributed by atoms with Gasteiger partial charge in [0.15, 0.2) is 0 Å². The van der Waals surface area contributed by atoms with Gasteiger partial charge in [-0.2, -0.15) is 0 Å². The molecule has 1 saturated heterocycles. The van der Waals surface area contributed by atoms with Crippen LogP contribution in [0.15, 0.2) is 22.7 Å². The van der Waals surface area contributed by atoms with Crippen LogP contribution in [-0.2, 0) is 9.47 Å². The Kier molecular flexibility index (Phi) is 5.93. The maximum atomic E-state index is 12.2. The van der Waals surface area contributed by atoms with Crippen LogP contribution in [0.5, 0.6) is 0 Å². The van der Waals surface area contributed by atoms with E-state index in [1.54, 1.807) is 12.1 Å². The lowest BCUT2D eigenvalue weighted by molar-refractivity contribution is -0.0175. The van der Waals surface area contributed by atoms with E-state index in [0.29, 0.717) is 28.8 Å². The fraction of sp³-hybridized carbons (Fsp3) is 0.467. The molecule has 1 aromatic rings. The molecule has 22 heavy (non-hydrogen) atoms. The molecular formula is C15H19BrN2O4. The van der Waals surface area contributed by atoms with Gasteiger partial charge in [0.25, 0.3) is 5.91 Å². The molecule has 1 unspecified atom stereocenters. The van der Waals surface area contributed by atoms with Crippen LogP contribution < -0.4 is 5.32 Å². The summed E-state index contributed by atoms with van der Waals surface area (Å²) in [6, 6.07) is 4.79. The number of likely N-dealkylation sites (N-methyl/N-ethyl adjacent to an activating group) is 1. The Bertz CT molecular complexity index is 564. The number of methoxy groups -OCH3 is 1. The second-order valence-electron chi connectivity index (χ2n) is 5.19. The molecule has 0 aromatic heterocycles. The molecule has 1 atom stereocenters. The van der Waals surface area contributed by atoms with Gasteiger partial charge in [0.05, 0.1) is 25.4 Å². The molecule has 0 saturated carbocycles. The highest BCUT2D eigenvalue weighted by Crippen LogP contribution is 2.17. The molecule has 1 heterocycles. The number of ether oxygens (including phenoxy) is 2. The van der Waals surface area contributed by atoms with Crippen molar-refractivity contribution in [1.82, 2.24) is 10.2 Å². The molecule has 1 aliphatic rings. The number of carbonyl (C=O) groups is 2. The molecule has 2 rings (SSSR count). The molecule has 7 heteroatoms. The largest absolute Gasteiger partial charge is 0.465 e. The first-order chi connectivity index (χ1) is 10.5. The number of nitrogens with one attached hydrogen (secondary N) is 1. The van der Waals surface area contributed by atoms with E-state index in [9.17, 15) is 9.59 Å². The third kappa shape index (κ3) is 4.53. The van der Waals surface area contributed by atoms with E-state index in [0.717, 1.165) is 13.1 Å². The number of amides is 1. The number of benzene rings is 1. The van der Waals surface area contributed by atoms with Crippen molar-refractivity contribution in [2.45, 2.75) is 6.10 Å². The summed E-state index contributed by atoms with van der Waals surface area (Å²) in [6.07, 6.45) is -0.0186. The number of rotatable bonds is 4. The molecule has 0 bridgehead atoms. The van der Waals surface area contributed by atoms with Crippen molar-refractivity contribution in [3.63, 3.8) is 0 Å². The zero-order valence-electron chi connectivity index (χ0n) is 12.6. The molecule has 1 aromatic carbocycles. The van der Waals surface area contributed by atoms with E-state index in [2.05, 4.69) is 30.9 Å². The predicted octanol–water partition coefficient (Wildman–Crippen LogP) is 1.30. The van der Waals surface area contributed by atoms with Crippen LogP contribution >= 0.6 is 15.9 Å². The van der Waals surface area contributed by atoms with Gasteiger partial charge in [0.1, 0.15) is 0 Å². The van der Waals surface area contributed by atoms with Gasteiger partial charge in [0, 0.05) is 29.7 Å². The van der Waals surface area contributed by atoms with E-state index < -0.39 is 5.97 Å². The second kappa shape index (κ2) is 7.71. The van der Waals surface area contributed by atoms with Gasteiger partial charge >= 0.3 is 5.97 Å². The molecule has 1 fully saturated rings. The standard InChI is InChI=1S/C15H19BrN2O4/c1-18-3-4-22-13(9-18)8-17-14(19)10-5-11(15(20)21-2)7-12(16)6-10/h5-7,13H,3-4,8-9H2,1-2H3,(H,17,19). The number of nitrogens with zero attached hydrogens (tertiary/aromatic N) is 1. The molecule has 6 nitrogen and oxygen atoms in total. The van der Waals surface area contributed by atoms with E-state index >= 15 is 0 Å². The summed E-state index contributed by atoms with van der Waals surface area (Å²) in [4.78, 5) is 26.0. The molecule has 1 amide bonds. The lowest BCUT2D eigenvalue weighted by Crippen LogP contribution is -2.45. The molecule has 0 radical (unpaired) electrons. The molecular weight excluding hydrogens is 352 g/mol. The Morgan fingerprint density at radius 2 is 2.14 bits per heavy atom. The Labute approximate surface area is 137 Å². The van der Waals surface area contributed by atoms with Gasteiger partial charge in [-0.3, -0.25) is 4.79 Å². The van der Waals surface area contributed by atoms with Crippen molar-refractivity contribution in [2.75, 3.05) is 40.4 Å². The minimum Gasteiger partial charge on any atom is -0.465 e. The van der Waals surface area contributed by atoms with Crippen LogP contribution in [0.3, 0.4) is 0 Å². The molecule has 1 N–H and O–H groups in total. The van der Waals surface area contributed by atoms with Gasteiger partial charge in [-0.25, -0.2) is 4.79 Å². The fourth-order valence-electron chi connectivity index (χ4n) is 2.26. The third-order valence-corrected chi connectivity index (χ3v) is 3.87. The van der Waals surface area contributed by atoms with Crippen LogP contribution in [0.25, 0.3) is 0 Å². The topological polar surface area (TPSA) is 67.9 Å². The number of hydrogen-bond donors (Lipinski definition) is 1. The van der Waals surface area contributed by atoms with Crippen molar-refractivity contribution < 1.29 is 19.1 Å². The highest BCUT2D eigenvalue weighted by atomic mass is 79.9. The van der Waals surface area contributed by atoms with Crippen molar-refractivity contribution in [3.05, 3.63) is 33.8 Å². The average Bonchev–Trinajstić information content (AvgIpc) is 2.51. The summed E-state index contributed by atoms with van der Waals surface area (Å²) in [5.74, 6) is -0.726. The van der Waals surface area contributed by atoms with Gasteiger partial charge in [0.2, 0.25) is 0 Å². The van der Waals surface area contributed by atoms with Crippen LogP contribution in [-0.4, -0.2) is 63.3 Å². The zero-order chi connectivity index (χ0) is 16.1. The monoisotopic (exact) mass is 370 g/mol. The first kappa shape index (κ1) is 16.9. The minimum atomic E-state index is -0.479. The number of carbonyl (C=O) groups excluding carboxylic acids is 2. The summed E-state index contributed by atoms with van der Waals surface area (Å²) in [7, 11) is 3.33.